The maximum absolute atomic E-state index is 12.2. The third-order valence-electron chi connectivity index (χ3n) is 3.82. The summed E-state index contributed by atoms with van der Waals surface area (Å²) in [5.41, 5.74) is 1.43. The molecular weight excluding hydrogens is 376 g/mol. The summed E-state index contributed by atoms with van der Waals surface area (Å²) >= 11 is 5.94. The van der Waals surface area contributed by atoms with E-state index in [0.29, 0.717) is 11.5 Å². The Labute approximate surface area is 157 Å². The molecule has 0 saturated carbocycles. The largest absolute Gasteiger partial charge is 0.454 e. The highest BCUT2D eigenvalue weighted by Crippen LogP contribution is 2.21. The summed E-state index contributed by atoms with van der Waals surface area (Å²) in [4.78, 5) is 24.3. The first-order valence-corrected chi connectivity index (χ1v) is 10.2. The van der Waals surface area contributed by atoms with E-state index in [1.54, 1.807) is 12.1 Å². The van der Waals surface area contributed by atoms with Gasteiger partial charge in [0.2, 0.25) is 0 Å². The monoisotopic (exact) mass is 394 g/mol. The number of carbonyl (C=O) groups excluding carboxylic acids is 2. The van der Waals surface area contributed by atoms with Gasteiger partial charge in [0, 0.05) is 11.8 Å². The molecular formula is C19H19ClO5S. The Balaban J connectivity index is 2.10. The quantitative estimate of drug-likeness (QED) is 0.548. The number of sulfone groups is 1. The summed E-state index contributed by atoms with van der Waals surface area (Å²) in [5, 5.41) is 0.0520. The smallest absolute Gasteiger partial charge is 0.340 e. The van der Waals surface area contributed by atoms with Crippen LogP contribution in [0.5, 0.6) is 0 Å². The van der Waals surface area contributed by atoms with Gasteiger partial charge in [-0.25, -0.2) is 13.2 Å². The van der Waals surface area contributed by atoms with Crippen molar-refractivity contribution in [2.45, 2.75) is 24.7 Å². The topological polar surface area (TPSA) is 77.5 Å². The highest BCUT2D eigenvalue weighted by atomic mass is 35.5. The maximum atomic E-state index is 12.2. The van der Waals surface area contributed by atoms with E-state index in [1.807, 2.05) is 26.0 Å². The van der Waals surface area contributed by atoms with Gasteiger partial charge in [0.05, 0.1) is 15.5 Å². The number of benzene rings is 2. The van der Waals surface area contributed by atoms with E-state index < -0.39 is 22.4 Å². The fraction of sp³-hybridized carbons (Fsp3) is 0.263. The van der Waals surface area contributed by atoms with Gasteiger partial charge in [0.15, 0.2) is 22.2 Å². The zero-order valence-corrected chi connectivity index (χ0v) is 16.2. The average Bonchev–Trinajstić information content (AvgIpc) is 2.58. The molecule has 5 nitrogen and oxygen atoms in total. The molecule has 0 aliphatic carbocycles. The molecule has 0 heterocycles. The summed E-state index contributed by atoms with van der Waals surface area (Å²) in [6, 6.07) is 10.8. The predicted octanol–water partition coefficient (Wildman–Crippen LogP) is 3.91. The minimum Gasteiger partial charge on any atom is -0.454 e. The lowest BCUT2D eigenvalue weighted by Crippen LogP contribution is -2.15. The first-order valence-electron chi connectivity index (χ1n) is 7.89. The fourth-order valence-electron chi connectivity index (χ4n) is 2.24. The van der Waals surface area contributed by atoms with Crippen molar-refractivity contribution in [1.82, 2.24) is 0 Å². The van der Waals surface area contributed by atoms with E-state index in [-0.39, 0.29) is 21.3 Å². The van der Waals surface area contributed by atoms with Crippen LogP contribution < -0.4 is 0 Å². The first-order chi connectivity index (χ1) is 12.1. The van der Waals surface area contributed by atoms with Crippen molar-refractivity contribution in [3.8, 4) is 0 Å². The first kappa shape index (κ1) is 20.1. The van der Waals surface area contributed by atoms with E-state index in [1.165, 1.54) is 12.1 Å². The number of ketones is 1. The minimum atomic E-state index is -3.49. The maximum Gasteiger partial charge on any atom is 0.340 e. The Morgan fingerprint density at radius 2 is 1.69 bits per heavy atom. The molecule has 0 N–H and O–H groups in total. The highest BCUT2D eigenvalue weighted by Gasteiger charge is 2.18. The number of esters is 1. The molecule has 0 aromatic heterocycles. The Bertz CT molecular complexity index is 931. The molecule has 0 radical (unpaired) electrons. The second-order valence-electron chi connectivity index (χ2n) is 6.19. The van der Waals surface area contributed by atoms with E-state index in [9.17, 15) is 18.0 Å². The average molecular weight is 395 g/mol. The van der Waals surface area contributed by atoms with Crippen LogP contribution in [0.3, 0.4) is 0 Å². The lowest BCUT2D eigenvalue weighted by atomic mass is 10.0. The predicted molar refractivity (Wildman–Crippen MR) is 99.7 cm³/mol. The molecule has 0 spiro atoms. The lowest BCUT2D eigenvalue weighted by molar-refractivity contribution is 0.0474. The van der Waals surface area contributed by atoms with Crippen LogP contribution in [0.1, 0.15) is 46.0 Å². The standard InChI is InChI=1S/C19H19ClO5S/c1-12(2)13-4-6-14(7-5-13)18(21)11-25-19(22)16-10-15(26(3,23)24)8-9-17(16)20/h4-10,12H,11H2,1-3H3. The van der Waals surface area contributed by atoms with Crippen molar-refractivity contribution in [2.75, 3.05) is 12.9 Å². The van der Waals surface area contributed by atoms with Crippen LogP contribution >= 0.6 is 11.6 Å². The van der Waals surface area contributed by atoms with Crippen molar-refractivity contribution in [2.24, 2.45) is 0 Å². The molecule has 0 unspecified atom stereocenters. The van der Waals surface area contributed by atoms with Crippen LogP contribution in [-0.4, -0.2) is 33.0 Å². The van der Waals surface area contributed by atoms with E-state index in [4.69, 9.17) is 16.3 Å². The number of ether oxygens (including phenoxy) is 1. The second-order valence-corrected chi connectivity index (χ2v) is 8.61. The summed E-state index contributed by atoms with van der Waals surface area (Å²) in [6.45, 7) is 3.64. The molecule has 0 fully saturated rings. The van der Waals surface area contributed by atoms with Gasteiger partial charge < -0.3 is 4.74 Å². The van der Waals surface area contributed by atoms with Crippen LogP contribution in [0.2, 0.25) is 5.02 Å². The SMILES string of the molecule is CC(C)c1ccc(C(=O)COC(=O)c2cc(S(C)(=O)=O)ccc2Cl)cc1. The van der Waals surface area contributed by atoms with Gasteiger partial charge in [-0.05, 0) is 29.7 Å². The molecule has 0 amide bonds. The lowest BCUT2D eigenvalue weighted by Gasteiger charge is -2.09. The third kappa shape index (κ3) is 4.93. The van der Waals surface area contributed by atoms with E-state index in [2.05, 4.69) is 0 Å². The summed E-state index contributed by atoms with van der Waals surface area (Å²) in [7, 11) is -3.49. The van der Waals surface area contributed by atoms with Crippen LogP contribution in [0.25, 0.3) is 0 Å². The van der Waals surface area contributed by atoms with E-state index >= 15 is 0 Å². The minimum absolute atomic E-state index is 0.0514. The van der Waals surface area contributed by atoms with Crippen molar-refractivity contribution >= 4 is 33.2 Å². The van der Waals surface area contributed by atoms with Gasteiger partial charge in [-0.1, -0.05) is 49.7 Å². The van der Waals surface area contributed by atoms with E-state index in [0.717, 1.165) is 17.9 Å². The van der Waals surface area contributed by atoms with Gasteiger partial charge in [0.1, 0.15) is 0 Å². The second kappa shape index (κ2) is 8.01. The van der Waals surface area contributed by atoms with Gasteiger partial charge in [-0.3, -0.25) is 4.79 Å². The Hall–Kier alpha value is -2.18. The molecule has 0 aliphatic heterocycles. The van der Waals surface area contributed by atoms with Gasteiger partial charge >= 0.3 is 5.97 Å². The van der Waals surface area contributed by atoms with Crippen LogP contribution in [0, 0.1) is 0 Å². The number of Topliss-reactive ketones (excluding diaryl/α,β-unsaturated/α-hetero) is 1. The number of halogens is 1. The molecule has 7 heteroatoms. The van der Waals surface area contributed by atoms with Gasteiger partial charge in [-0.15, -0.1) is 0 Å². The zero-order valence-electron chi connectivity index (χ0n) is 14.7. The number of carbonyl (C=O) groups is 2. The Kier molecular flexibility index (Phi) is 6.21. The van der Waals surface area contributed by atoms with Crippen LogP contribution in [-0.2, 0) is 14.6 Å². The molecule has 0 aliphatic rings. The van der Waals surface area contributed by atoms with Crippen molar-refractivity contribution in [1.29, 1.82) is 0 Å². The number of hydrogen-bond donors (Lipinski definition) is 0. The molecule has 2 rings (SSSR count). The number of hydrogen-bond acceptors (Lipinski definition) is 5. The van der Waals surface area contributed by atoms with Crippen molar-refractivity contribution < 1.29 is 22.7 Å². The summed E-state index contributed by atoms with van der Waals surface area (Å²) in [6.07, 6.45) is 1.02. The highest BCUT2D eigenvalue weighted by molar-refractivity contribution is 7.90. The summed E-state index contributed by atoms with van der Waals surface area (Å²) < 4.78 is 28.2. The fourth-order valence-corrected chi connectivity index (χ4v) is 3.08. The Morgan fingerprint density at radius 3 is 2.23 bits per heavy atom. The van der Waals surface area contributed by atoms with Crippen LogP contribution in [0.4, 0.5) is 0 Å². The van der Waals surface area contributed by atoms with Gasteiger partial charge in [-0.2, -0.15) is 0 Å². The number of rotatable bonds is 6. The Morgan fingerprint density at radius 1 is 1.08 bits per heavy atom. The molecule has 0 saturated heterocycles. The van der Waals surface area contributed by atoms with Crippen molar-refractivity contribution in [3.63, 3.8) is 0 Å². The normalized spacial score (nSPS) is 11.4. The van der Waals surface area contributed by atoms with Crippen molar-refractivity contribution in [3.05, 3.63) is 64.2 Å². The molecule has 0 bridgehead atoms. The molecule has 2 aromatic rings. The molecule has 2 aromatic carbocycles. The summed E-state index contributed by atoms with van der Waals surface area (Å²) in [5.74, 6) is -0.863. The van der Waals surface area contributed by atoms with Crippen LogP contribution in [0.15, 0.2) is 47.4 Å². The zero-order chi connectivity index (χ0) is 19.5. The molecule has 0 atom stereocenters. The molecule has 26 heavy (non-hydrogen) atoms. The van der Waals surface area contributed by atoms with Gasteiger partial charge in [0.25, 0.3) is 0 Å². The third-order valence-corrected chi connectivity index (χ3v) is 5.26. The molecule has 138 valence electrons.